The van der Waals surface area contributed by atoms with Crippen molar-refractivity contribution in [2.24, 2.45) is 0 Å². The van der Waals surface area contributed by atoms with Gasteiger partial charge in [0.1, 0.15) is 5.82 Å². The first-order chi connectivity index (χ1) is 9.23. The number of nitrogens with one attached hydrogen (secondary N) is 1. The number of nitrogens with two attached hydrogens (primary N) is 1. The number of nitrogens with zero attached hydrogens (tertiary/aromatic N) is 1. The molecule has 1 unspecified atom stereocenters. The van der Waals surface area contributed by atoms with Crippen molar-refractivity contribution >= 4 is 5.82 Å². The van der Waals surface area contributed by atoms with Crippen molar-refractivity contribution in [1.82, 2.24) is 10.3 Å². The van der Waals surface area contributed by atoms with Crippen molar-refractivity contribution in [2.45, 2.75) is 50.2 Å². The number of aromatic nitrogens is 1. The normalized spacial score (nSPS) is 20.7. The van der Waals surface area contributed by atoms with Crippen molar-refractivity contribution < 1.29 is 4.74 Å². The van der Waals surface area contributed by atoms with Crippen LogP contribution in [-0.2, 0) is 4.74 Å². The third-order valence-corrected chi connectivity index (χ3v) is 4.35. The number of hydrogen-bond donors (Lipinski definition) is 2. The fourth-order valence-corrected chi connectivity index (χ4v) is 3.31. The van der Waals surface area contributed by atoms with Crippen LogP contribution in [0.15, 0.2) is 18.3 Å². The molecule has 1 aliphatic rings. The number of pyridine rings is 1. The third-order valence-electron chi connectivity index (χ3n) is 4.35. The lowest BCUT2D eigenvalue weighted by atomic mass is 9.82. The van der Waals surface area contributed by atoms with Gasteiger partial charge in [0.05, 0.1) is 11.6 Å². The Morgan fingerprint density at radius 2 is 2.00 bits per heavy atom. The van der Waals surface area contributed by atoms with Gasteiger partial charge in [-0.25, -0.2) is 4.98 Å². The van der Waals surface area contributed by atoms with Crippen LogP contribution in [0.2, 0.25) is 0 Å². The van der Waals surface area contributed by atoms with Crippen LogP contribution in [0, 0.1) is 0 Å². The SMILES string of the molecule is CNC(c1cccnc1N)C1(OC)CCCCCC1. The molecule has 4 nitrogen and oxygen atoms in total. The van der Waals surface area contributed by atoms with Crippen LogP contribution in [0.4, 0.5) is 5.82 Å². The van der Waals surface area contributed by atoms with E-state index in [1.807, 2.05) is 20.2 Å². The van der Waals surface area contributed by atoms with Crippen LogP contribution in [0.5, 0.6) is 0 Å². The van der Waals surface area contributed by atoms with Gasteiger partial charge in [-0.1, -0.05) is 31.7 Å². The van der Waals surface area contributed by atoms with E-state index in [1.54, 1.807) is 6.20 Å². The quantitative estimate of drug-likeness (QED) is 0.820. The van der Waals surface area contributed by atoms with E-state index in [-0.39, 0.29) is 11.6 Å². The van der Waals surface area contributed by atoms with Crippen LogP contribution in [0.1, 0.15) is 50.1 Å². The van der Waals surface area contributed by atoms with E-state index in [9.17, 15) is 0 Å². The number of methoxy groups -OCH3 is 1. The van der Waals surface area contributed by atoms with Crippen molar-refractivity contribution in [1.29, 1.82) is 0 Å². The summed E-state index contributed by atoms with van der Waals surface area (Å²) < 4.78 is 5.98. The summed E-state index contributed by atoms with van der Waals surface area (Å²) in [5, 5.41) is 3.40. The molecule has 1 aliphatic carbocycles. The summed E-state index contributed by atoms with van der Waals surface area (Å²) in [6, 6.07) is 4.09. The molecule has 0 amide bonds. The predicted molar refractivity (Wildman–Crippen MR) is 77.9 cm³/mol. The van der Waals surface area contributed by atoms with Gasteiger partial charge in [-0.05, 0) is 26.0 Å². The lowest BCUT2D eigenvalue weighted by molar-refractivity contribution is -0.0521. The van der Waals surface area contributed by atoms with E-state index in [1.165, 1.54) is 25.7 Å². The third kappa shape index (κ3) is 2.90. The predicted octanol–water partition coefficient (Wildman–Crippen LogP) is 2.66. The van der Waals surface area contributed by atoms with Crippen molar-refractivity contribution in [3.8, 4) is 0 Å². The Kier molecular flexibility index (Phi) is 4.77. The van der Waals surface area contributed by atoms with Gasteiger partial charge in [-0.3, -0.25) is 0 Å². The molecule has 1 saturated carbocycles. The van der Waals surface area contributed by atoms with E-state index in [2.05, 4.69) is 16.4 Å². The number of likely N-dealkylation sites (N-methyl/N-ethyl adjacent to an activating group) is 1. The highest BCUT2D eigenvalue weighted by Crippen LogP contribution is 2.41. The Labute approximate surface area is 115 Å². The maximum atomic E-state index is 6.05. The number of ether oxygens (including phenoxy) is 1. The van der Waals surface area contributed by atoms with Gasteiger partial charge in [-0.2, -0.15) is 0 Å². The lowest BCUT2D eigenvalue weighted by Crippen LogP contribution is -2.44. The van der Waals surface area contributed by atoms with Crippen LogP contribution in [0.25, 0.3) is 0 Å². The zero-order valence-electron chi connectivity index (χ0n) is 12.0. The second-order valence-electron chi connectivity index (χ2n) is 5.38. The molecule has 0 aromatic carbocycles. The Bertz CT molecular complexity index is 400. The van der Waals surface area contributed by atoms with Crippen LogP contribution in [-0.4, -0.2) is 24.7 Å². The standard InChI is InChI=1S/C15H25N3O/c1-17-13(12-8-7-11-18-14(12)16)15(19-2)9-5-3-4-6-10-15/h7-8,11,13,17H,3-6,9-10H2,1-2H3,(H2,16,18). The van der Waals surface area contributed by atoms with E-state index in [0.717, 1.165) is 18.4 Å². The number of anilines is 1. The van der Waals surface area contributed by atoms with E-state index < -0.39 is 0 Å². The zero-order valence-corrected chi connectivity index (χ0v) is 12.0. The van der Waals surface area contributed by atoms with Crippen molar-refractivity contribution in [2.75, 3.05) is 19.9 Å². The molecule has 1 atom stereocenters. The number of rotatable bonds is 4. The Morgan fingerprint density at radius 3 is 2.53 bits per heavy atom. The molecule has 0 aliphatic heterocycles. The molecular weight excluding hydrogens is 238 g/mol. The first-order valence-corrected chi connectivity index (χ1v) is 7.16. The van der Waals surface area contributed by atoms with E-state index in [4.69, 9.17) is 10.5 Å². The average molecular weight is 263 g/mol. The van der Waals surface area contributed by atoms with E-state index >= 15 is 0 Å². The minimum absolute atomic E-state index is 0.101. The first kappa shape index (κ1) is 14.3. The molecule has 1 aromatic rings. The van der Waals surface area contributed by atoms with Gasteiger partial charge in [0, 0.05) is 18.9 Å². The van der Waals surface area contributed by atoms with Crippen LogP contribution >= 0.6 is 0 Å². The fraction of sp³-hybridized carbons (Fsp3) is 0.667. The maximum Gasteiger partial charge on any atom is 0.128 e. The van der Waals surface area contributed by atoms with Gasteiger partial charge < -0.3 is 15.8 Å². The molecule has 3 N–H and O–H groups in total. The smallest absolute Gasteiger partial charge is 0.128 e. The van der Waals surface area contributed by atoms with Crippen LogP contribution in [0.3, 0.4) is 0 Å². The summed E-state index contributed by atoms with van der Waals surface area (Å²) in [6.45, 7) is 0. The number of hydrogen-bond acceptors (Lipinski definition) is 4. The zero-order chi connectivity index (χ0) is 13.7. The summed E-state index contributed by atoms with van der Waals surface area (Å²) in [5.41, 5.74) is 6.94. The monoisotopic (exact) mass is 263 g/mol. The summed E-state index contributed by atoms with van der Waals surface area (Å²) in [7, 11) is 3.80. The molecular formula is C15H25N3O. The molecule has 0 radical (unpaired) electrons. The van der Waals surface area contributed by atoms with Gasteiger partial charge >= 0.3 is 0 Å². The molecule has 0 saturated heterocycles. The first-order valence-electron chi connectivity index (χ1n) is 7.16. The summed E-state index contributed by atoms with van der Waals surface area (Å²) in [6.07, 6.45) is 8.90. The molecule has 2 rings (SSSR count). The second-order valence-corrected chi connectivity index (χ2v) is 5.38. The minimum Gasteiger partial charge on any atom is -0.383 e. The Hall–Kier alpha value is -1.13. The molecule has 1 aromatic heterocycles. The molecule has 19 heavy (non-hydrogen) atoms. The van der Waals surface area contributed by atoms with Gasteiger partial charge in [0.15, 0.2) is 0 Å². The Morgan fingerprint density at radius 1 is 1.32 bits per heavy atom. The van der Waals surface area contributed by atoms with E-state index in [0.29, 0.717) is 5.82 Å². The topological polar surface area (TPSA) is 60.2 Å². The lowest BCUT2D eigenvalue weighted by Gasteiger charge is -2.39. The number of nitrogen functional groups attached to an aromatic ring is 1. The van der Waals surface area contributed by atoms with Gasteiger partial charge in [0.2, 0.25) is 0 Å². The molecule has 1 heterocycles. The van der Waals surface area contributed by atoms with Gasteiger partial charge in [-0.15, -0.1) is 0 Å². The summed E-state index contributed by atoms with van der Waals surface area (Å²) in [5.74, 6) is 0.600. The highest BCUT2D eigenvalue weighted by Gasteiger charge is 2.40. The van der Waals surface area contributed by atoms with Crippen LogP contribution < -0.4 is 11.1 Å². The molecule has 106 valence electrons. The fourth-order valence-electron chi connectivity index (χ4n) is 3.31. The average Bonchev–Trinajstić information content (AvgIpc) is 2.68. The molecule has 4 heteroatoms. The molecule has 0 bridgehead atoms. The van der Waals surface area contributed by atoms with Crippen molar-refractivity contribution in [3.05, 3.63) is 23.9 Å². The molecule has 0 spiro atoms. The van der Waals surface area contributed by atoms with Crippen molar-refractivity contribution in [3.63, 3.8) is 0 Å². The highest BCUT2D eigenvalue weighted by atomic mass is 16.5. The Balaban J connectivity index is 2.35. The second kappa shape index (κ2) is 6.35. The summed E-state index contributed by atoms with van der Waals surface area (Å²) in [4.78, 5) is 4.21. The van der Waals surface area contributed by atoms with Gasteiger partial charge in [0.25, 0.3) is 0 Å². The highest BCUT2D eigenvalue weighted by molar-refractivity contribution is 5.42. The molecule has 1 fully saturated rings. The largest absolute Gasteiger partial charge is 0.383 e. The maximum absolute atomic E-state index is 6.05. The minimum atomic E-state index is -0.164. The summed E-state index contributed by atoms with van der Waals surface area (Å²) >= 11 is 0.